The molecule has 0 aliphatic heterocycles. The average molecular weight is 113 g/mol. The fraction of sp³-hybridized carbons (Fsp3) is 0. The van der Waals surface area contributed by atoms with Crippen LogP contribution in [0.2, 0.25) is 0 Å². The zero-order valence-corrected chi connectivity index (χ0v) is 3.73. The molecule has 0 aliphatic rings. The lowest BCUT2D eigenvalue weighted by Gasteiger charge is -1.15. The van der Waals surface area contributed by atoms with Gasteiger partial charge in [0.2, 0.25) is 0 Å². The van der Waals surface area contributed by atoms with E-state index in [2.05, 4.69) is 5.90 Å². The van der Waals surface area contributed by atoms with Crippen LogP contribution in [0.3, 0.4) is 0 Å². The highest BCUT2D eigenvalue weighted by molar-refractivity contribution is 7.51. The van der Waals surface area contributed by atoms with Crippen molar-refractivity contribution < 1.29 is 13.6 Å². The van der Waals surface area contributed by atoms with Gasteiger partial charge in [-0.2, -0.15) is 14.3 Å². The highest BCUT2D eigenvalue weighted by Gasteiger charge is 1.12. The van der Waals surface area contributed by atoms with Crippen LogP contribution in [0.4, 0.5) is 0 Å². The summed E-state index contributed by atoms with van der Waals surface area (Å²) in [6, 6.07) is 0. The molecule has 0 aromatic rings. The minimum absolute atomic E-state index is 0. The van der Waals surface area contributed by atoms with E-state index >= 15 is 0 Å². The van der Waals surface area contributed by atoms with Crippen molar-refractivity contribution in [2.45, 2.75) is 0 Å². The second-order valence-electron chi connectivity index (χ2n) is 0.0680. The standard InChI is InChI=1S/H2NO.H3N.O2S/c1-2;;1-3-2/h1H2;1H3;. The monoisotopic (exact) mass is 113 g/mol. The molecule has 0 unspecified atom stereocenters. The first-order valence-electron chi connectivity index (χ1n) is 0.569. The van der Waals surface area contributed by atoms with Crippen molar-refractivity contribution in [3.05, 3.63) is 0 Å². The van der Waals surface area contributed by atoms with E-state index in [4.69, 9.17) is 13.6 Å². The average Bonchev–Trinajstić information content (AvgIpc) is 1.46. The molecule has 5 nitrogen and oxygen atoms in total. The summed E-state index contributed by atoms with van der Waals surface area (Å²) in [5, 5.41) is 7.75. The topological polar surface area (TPSA) is 115 Å². The predicted octanol–water partition coefficient (Wildman–Crippen LogP) is -1.22. The summed E-state index contributed by atoms with van der Waals surface area (Å²) in [7, 11) is 0. The molecule has 6 heavy (non-hydrogen) atoms. The molecule has 0 spiro atoms. The summed E-state index contributed by atoms with van der Waals surface area (Å²) in [4.78, 5) is 0. The first-order valence-corrected chi connectivity index (χ1v) is 1.24. The van der Waals surface area contributed by atoms with Crippen LogP contribution >= 0.6 is 0 Å². The van der Waals surface area contributed by atoms with Crippen molar-refractivity contribution >= 4 is 11.6 Å². The van der Waals surface area contributed by atoms with Gasteiger partial charge >= 0.3 is 11.6 Å². The summed E-state index contributed by atoms with van der Waals surface area (Å²) in [5.74, 6) is 3.25. The van der Waals surface area contributed by atoms with E-state index in [1.807, 2.05) is 0 Å². The van der Waals surface area contributed by atoms with Gasteiger partial charge in [0, 0.05) is 0 Å². The van der Waals surface area contributed by atoms with E-state index in [-0.39, 0.29) is 6.15 Å². The van der Waals surface area contributed by atoms with Crippen molar-refractivity contribution in [2.24, 2.45) is 5.90 Å². The van der Waals surface area contributed by atoms with Crippen LogP contribution in [0.15, 0.2) is 0 Å². The van der Waals surface area contributed by atoms with Gasteiger partial charge in [0.05, 0.1) is 0 Å². The Morgan fingerprint density at radius 1 is 1.17 bits per heavy atom. The van der Waals surface area contributed by atoms with Gasteiger partial charge in [-0.3, -0.25) is 0 Å². The Bertz CT molecular complexity index is 29.8. The third-order valence-electron chi connectivity index (χ3n) is 0. The van der Waals surface area contributed by atoms with Crippen LogP contribution in [0.1, 0.15) is 0 Å². The van der Waals surface area contributed by atoms with E-state index in [9.17, 15) is 0 Å². The van der Waals surface area contributed by atoms with Gasteiger partial charge in [-0.15, -0.1) is 5.21 Å². The van der Waals surface area contributed by atoms with Gasteiger partial charge in [-0.25, -0.2) is 0 Å². The largest absolute Gasteiger partial charge is 0.344 e. The normalized spacial score (nSPS) is 3.00. The highest BCUT2D eigenvalue weighted by atomic mass is 32.1. The maximum atomic E-state index is 8.29. The first-order chi connectivity index (χ1) is 2.41. The minimum atomic E-state index is -0.750. The van der Waals surface area contributed by atoms with Crippen molar-refractivity contribution in [1.29, 1.82) is 0 Å². The second kappa shape index (κ2) is 131. The smallest absolute Gasteiger partial charge is 0.335 e. The van der Waals surface area contributed by atoms with Crippen LogP contribution in [0, 0.1) is 0 Å². The Morgan fingerprint density at radius 3 is 1.17 bits per heavy atom. The zero-order chi connectivity index (χ0) is 4.71. The Kier molecular flexibility index (Phi) is 378. The Morgan fingerprint density at radius 2 is 1.17 bits per heavy atom. The molecule has 1 radical (unpaired) electrons. The number of rotatable bonds is 0. The van der Waals surface area contributed by atoms with Gasteiger partial charge in [-0.05, 0) is 0 Å². The second-order valence-corrected chi connectivity index (χ2v) is 0.204. The summed E-state index contributed by atoms with van der Waals surface area (Å²) >= 11 is -0.750. The molecule has 0 fully saturated rings. The third kappa shape index (κ3) is 300. The molecular weight excluding hydrogens is 108 g/mol. The molecule has 0 saturated heterocycles. The van der Waals surface area contributed by atoms with Gasteiger partial charge in [0.25, 0.3) is 0 Å². The van der Waals surface area contributed by atoms with Gasteiger partial charge in [0.1, 0.15) is 0 Å². The van der Waals surface area contributed by atoms with Crippen LogP contribution in [0.5, 0.6) is 0 Å². The summed E-state index contributed by atoms with van der Waals surface area (Å²) in [5.41, 5.74) is 0. The minimum Gasteiger partial charge on any atom is -0.344 e. The maximum absolute atomic E-state index is 8.29. The fourth-order valence-corrected chi connectivity index (χ4v) is 0. The van der Waals surface area contributed by atoms with Crippen LogP contribution < -0.4 is 12.0 Å². The summed E-state index contributed by atoms with van der Waals surface area (Å²) in [6.07, 6.45) is 0. The molecule has 0 atom stereocenters. The number of hydrogen-bond donors (Lipinski definition) is 2. The quantitative estimate of drug-likeness (QED) is 0.383. The van der Waals surface area contributed by atoms with E-state index in [1.165, 1.54) is 0 Å². The van der Waals surface area contributed by atoms with Crippen molar-refractivity contribution in [3.63, 3.8) is 0 Å². The molecule has 0 aliphatic carbocycles. The van der Waals surface area contributed by atoms with Crippen molar-refractivity contribution in [1.82, 2.24) is 6.15 Å². The van der Waals surface area contributed by atoms with Gasteiger partial charge in [0.15, 0.2) is 0 Å². The maximum Gasteiger partial charge on any atom is 0.335 e. The van der Waals surface area contributed by atoms with E-state index in [1.54, 1.807) is 0 Å². The Balaban J connectivity index is -0.0000000275. The first kappa shape index (κ1) is 17.3. The Hall–Kier alpha value is -0.300. The SMILES string of the molecule is N.N[O].O=S=O. The number of hydrogen-bond acceptors (Lipinski definition) is 4. The Labute approximate surface area is 38.3 Å². The third-order valence-corrected chi connectivity index (χ3v) is 0. The summed E-state index contributed by atoms with van der Waals surface area (Å²) in [6.45, 7) is 0. The summed E-state index contributed by atoms with van der Waals surface area (Å²) < 4.78 is 16.6. The highest BCUT2D eigenvalue weighted by Crippen LogP contribution is 0.846. The number of nitrogens with two attached hydrogens (primary N) is 1. The fourth-order valence-electron chi connectivity index (χ4n) is 0. The van der Waals surface area contributed by atoms with E-state index in [0.717, 1.165) is 0 Å². The molecule has 0 saturated carbocycles. The zero-order valence-electron chi connectivity index (χ0n) is 2.92. The molecule has 0 amide bonds. The lowest BCUT2D eigenvalue weighted by molar-refractivity contribution is 0.201. The van der Waals surface area contributed by atoms with E-state index < -0.39 is 11.6 Å². The molecule has 0 rings (SSSR count). The van der Waals surface area contributed by atoms with Crippen LogP contribution in [-0.4, -0.2) is 8.42 Å². The lowest BCUT2D eigenvalue weighted by Crippen LogP contribution is -1.67. The van der Waals surface area contributed by atoms with Crippen LogP contribution in [-0.2, 0) is 16.8 Å². The van der Waals surface area contributed by atoms with E-state index in [0.29, 0.717) is 0 Å². The molecule has 39 valence electrons. The molecular formula is H5N2O3S. The van der Waals surface area contributed by atoms with Crippen molar-refractivity contribution in [2.75, 3.05) is 0 Å². The van der Waals surface area contributed by atoms with Gasteiger partial charge < -0.3 is 6.15 Å². The molecule has 0 bridgehead atoms. The van der Waals surface area contributed by atoms with Gasteiger partial charge in [-0.1, -0.05) is 0 Å². The molecule has 0 heterocycles. The molecule has 5 N–H and O–H groups in total. The van der Waals surface area contributed by atoms with Crippen molar-refractivity contribution in [3.8, 4) is 0 Å². The molecule has 0 aromatic carbocycles. The molecule has 0 aromatic heterocycles. The van der Waals surface area contributed by atoms with Crippen LogP contribution in [0.25, 0.3) is 0 Å². The lowest BCUT2D eigenvalue weighted by atomic mass is 13.6. The molecule has 6 heteroatoms. The predicted molar refractivity (Wildman–Crippen MR) is 18.8 cm³/mol.